The van der Waals surface area contributed by atoms with Gasteiger partial charge in [0, 0.05) is 19.0 Å². The third kappa shape index (κ3) is 2.54. The topological polar surface area (TPSA) is 50.4 Å². The van der Waals surface area contributed by atoms with E-state index in [9.17, 15) is 9.18 Å². The normalized spacial score (nSPS) is 36.7. The number of alkyl carbamates (subject to hydrolysis) is 1. The summed E-state index contributed by atoms with van der Waals surface area (Å²) in [7, 11) is 0. The van der Waals surface area contributed by atoms with Crippen LogP contribution in [0.2, 0.25) is 0 Å². The second-order valence-electron chi connectivity index (χ2n) is 6.08. The minimum atomic E-state index is -0.820. The Morgan fingerprint density at radius 3 is 2.88 bits per heavy atom. The summed E-state index contributed by atoms with van der Waals surface area (Å²) in [5.74, 6) is -0.116. The van der Waals surface area contributed by atoms with Crippen LogP contribution in [0.5, 0.6) is 0 Å². The molecule has 1 unspecified atom stereocenters. The lowest BCUT2D eigenvalue weighted by atomic mass is 9.90. The molecule has 0 aromatic carbocycles. The van der Waals surface area contributed by atoms with E-state index < -0.39 is 23.4 Å². The van der Waals surface area contributed by atoms with Gasteiger partial charge in [-0.1, -0.05) is 0 Å². The molecule has 1 saturated heterocycles. The fourth-order valence-corrected chi connectivity index (χ4v) is 2.83. The number of halogens is 1. The monoisotopic (exact) mass is 244 g/mol. The molecule has 1 aliphatic heterocycles. The Bertz CT molecular complexity index is 316. The third-order valence-electron chi connectivity index (χ3n) is 3.57. The van der Waals surface area contributed by atoms with Gasteiger partial charge in [0.15, 0.2) is 0 Å². The number of hydrogen-bond donors (Lipinski definition) is 2. The molecule has 0 bridgehead atoms. The highest BCUT2D eigenvalue weighted by Gasteiger charge is 2.53. The first-order valence-corrected chi connectivity index (χ1v) is 6.18. The van der Waals surface area contributed by atoms with Gasteiger partial charge in [0.05, 0.1) is 5.54 Å². The molecule has 1 amide bonds. The summed E-state index contributed by atoms with van der Waals surface area (Å²) in [4.78, 5) is 11.8. The van der Waals surface area contributed by atoms with Gasteiger partial charge >= 0.3 is 6.09 Å². The SMILES string of the molecule is CC(C)(C)OC(=O)N[C@@]12CCC(F)[C@@H]1CNC2. The molecule has 1 saturated carbocycles. The molecule has 4 nitrogen and oxygen atoms in total. The lowest BCUT2D eigenvalue weighted by Crippen LogP contribution is -2.53. The van der Waals surface area contributed by atoms with Crippen LogP contribution in [-0.4, -0.2) is 36.5 Å². The van der Waals surface area contributed by atoms with Crippen molar-refractivity contribution >= 4 is 6.09 Å². The zero-order valence-corrected chi connectivity index (χ0v) is 10.7. The first kappa shape index (κ1) is 12.6. The summed E-state index contributed by atoms with van der Waals surface area (Å²) >= 11 is 0. The Morgan fingerprint density at radius 2 is 2.24 bits per heavy atom. The number of hydrogen-bond acceptors (Lipinski definition) is 3. The smallest absolute Gasteiger partial charge is 0.408 e. The number of rotatable bonds is 1. The Morgan fingerprint density at radius 1 is 1.53 bits per heavy atom. The fraction of sp³-hybridized carbons (Fsp3) is 0.917. The van der Waals surface area contributed by atoms with Crippen LogP contribution in [0.3, 0.4) is 0 Å². The van der Waals surface area contributed by atoms with E-state index in [4.69, 9.17) is 4.74 Å². The molecule has 0 aromatic heterocycles. The Labute approximate surface area is 101 Å². The van der Waals surface area contributed by atoms with Gasteiger partial charge in [-0.05, 0) is 33.6 Å². The van der Waals surface area contributed by atoms with Gasteiger partial charge < -0.3 is 15.4 Å². The predicted molar refractivity (Wildman–Crippen MR) is 62.6 cm³/mol. The average molecular weight is 244 g/mol. The lowest BCUT2D eigenvalue weighted by molar-refractivity contribution is 0.0441. The first-order chi connectivity index (χ1) is 7.82. The van der Waals surface area contributed by atoms with Crippen molar-refractivity contribution in [2.75, 3.05) is 13.1 Å². The van der Waals surface area contributed by atoms with Crippen molar-refractivity contribution in [3.8, 4) is 0 Å². The van der Waals surface area contributed by atoms with E-state index in [0.717, 1.165) is 0 Å². The van der Waals surface area contributed by atoms with Crippen molar-refractivity contribution in [1.29, 1.82) is 0 Å². The summed E-state index contributed by atoms with van der Waals surface area (Å²) in [5.41, 5.74) is -0.961. The van der Waals surface area contributed by atoms with Gasteiger partial charge in [-0.2, -0.15) is 0 Å². The highest BCUT2D eigenvalue weighted by Crippen LogP contribution is 2.40. The van der Waals surface area contributed by atoms with E-state index in [1.54, 1.807) is 0 Å². The third-order valence-corrected chi connectivity index (χ3v) is 3.57. The van der Waals surface area contributed by atoms with Crippen molar-refractivity contribution in [2.45, 2.75) is 50.9 Å². The van der Waals surface area contributed by atoms with E-state index >= 15 is 0 Å². The molecular formula is C12H21FN2O2. The van der Waals surface area contributed by atoms with Gasteiger partial charge in [0.2, 0.25) is 0 Å². The van der Waals surface area contributed by atoms with Gasteiger partial charge in [-0.25, -0.2) is 9.18 Å². The molecule has 98 valence electrons. The molecule has 0 aromatic rings. The summed E-state index contributed by atoms with van der Waals surface area (Å²) in [6.07, 6.45) is -0.0482. The Balaban J connectivity index is 2.00. The molecule has 0 spiro atoms. The van der Waals surface area contributed by atoms with Crippen LogP contribution < -0.4 is 10.6 Å². The number of carbonyl (C=O) groups is 1. The number of fused-ring (bicyclic) bond motifs is 1. The van der Waals surface area contributed by atoms with Crippen molar-refractivity contribution in [2.24, 2.45) is 5.92 Å². The molecule has 0 radical (unpaired) electrons. The maximum Gasteiger partial charge on any atom is 0.408 e. The second-order valence-corrected chi connectivity index (χ2v) is 6.08. The minimum absolute atomic E-state index is 0.116. The van der Waals surface area contributed by atoms with E-state index in [1.807, 2.05) is 20.8 Å². The highest BCUT2D eigenvalue weighted by molar-refractivity contribution is 5.69. The minimum Gasteiger partial charge on any atom is -0.444 e. The number of amides is 1. The van der Waals surface area contributed by atoms with Crippen LogP contribution in [0.4, 0.5) is 9.18 Å². The van der Waals surface area contributed by atoms with Crippen molar-refractivity contribution in [3.05, 3.63) is 0 Å². The molecule has 1 aliphatic carbocycles. The van der Waals surface area contributed by atoms with E-state index in [-0.39, 0.29) is 5.92 Å². The van der Waals surface area contributed by atoms with E-state index in [0.29, 0.717) is 25.9 Å². The molecule has 17 heavy (non-hydrogen) atoms. The van der Waals surface area contributed by atoms with Crippen LogP contribution in [0.25, 0.3) is 0 Å². The van der Waals surface area contributed by atoms with Gasteiger partial charge in [-0.3, -0.25) is 0 Å². The number of carbonyl (C=O) groups excluding carboxylic acids is 1. The van der Waals surface area contributed by atoms with Crippen LogP contribution in [0, 0.1) is 5.92 Å². The quantitative estimate of drug-likeness (QED) is 0.736. The Hall–Kier alpha value is -0.840. The van der Waals surface area contributed by atoms with Crippen LogP contribution in [0.15, 0.2) is 0 Å². The van der Waals surface area contributed by atoms with Crippen molar-refractivity contribution in [1.82, 2.24) is 10.6 Å². The molecule has 3 atom stereocenters. The fourth-order valence-electron chi connectivity index (χ4n) is 2.83. The zero-order chi connectivity index (χ0) is 12.7. The number of ether oxygens (including phenoxy) is 1. The zero-order valence-electron chi connectivity index (χ0n) is 10.7. The number of nitrogens with one attached hydrogen (secondary N) is 2. The van der Waals surface area contributed by atoms with Crippen LogP contribution in [-0.2, 0) is 4.74 Å². The molecule has 2 aliphatic rings. The average Bonchev–Trinajstić information content (AvgIpc) is 2.65. The van der Waals surface area contributed by atoms with E-state index in [2.05, 4.69) is 10.6 Å². The molecular weight excluding hydrogens is 223 g/mol. The van der Waals surface area contributed by atoms with Gasteiger partial charge in [-0.15, -0.1) is 0 Å². The number of alkyl halides is 1. The standard InChI is InChI=1S/C12H21FN2O2/c1-11(2,3)17-10(16)15-12-5-4-9(13)8(12)6-14-7-12/h8-9,14H,4-7H2,1-3H3,(H,15,16)/t8-,9?,12+/m0/s1. The summed E-state index contributed by atoms with van der Waals surface area (Å²) in [6, 6.07) is 0. The van der Waals surface area contributed by atoms with E-state index in [1.165, 1.54) is 0 Å². The molecule has 5 heteroatoms. The van der Waals surface area contributed by atoms with Crippen LogP contribution >= 0.6 is 0 Å². The first-order valence-electron chi connectivity index (χ1n) is 6.18. The van der Waals surface area contributed by atoms with Gasteiger partial charge in [0.25, 0.3) is 0 Å². The molecule has 2 fully saturated rings. The summed E-state index contributed by atoms with van der Waals surface area (Å²) in [6.45, 7) is 6.73. The molecule has 2 rings (SSSR count). The summed E-state index contributed by atoms with van der Waals surface area (Å²) in [5, 5.41) is 6.03. The lowest BCUT2D eigenvalue weighted by Gasteiger charge is -2.31. The van der Waals surface area contributed by atoms with Gasteiger partial charge in [0.1, 0.15) is 11.8 Å². The second kappa shape index (κ2) is 4.12. The van der Waals surface area contributed by atoms with Crippen molar-refractivity contribution < 1.29 is 13.9 Å². The maximum atomic E-state index is 13.7. The maximum absolute atomic E-state index is 13.7. The molecule has 2 N–H and O–H groups in total. The molecule has 1 heterocycles. The van der Waals surface area contributed by atoms with Crippen molar-refractivity contribution in [3.63, 3.8) is 0 Å². The predicted octanol–water partition coefficient (Wildman–Crippen LogP) is 1.60. The van der Waals surface area contributed by atoms with Crippen LogP contribution in [0.1, 0.15) is 33.6 Å². The Kier molecular flexibility index (Phi) is 3.06. The largest absolute Gasteiger partial charge is 0.444 e. The highest BCUT2D eigenvalue weighted by atomic mass is 19.1. The summed E-state index contributed by atoms with van der Waals surface area (Å²) < 4.78 is 18.9.